The topological polar surface area (TPSA) is 60.9 Å². The quantitative estimate of drug-likeness (QED) is 0.626. The first-order valence-electron chi connectivity index (χ1n) is 13.0. The number of imide groups is 1. The first-order chi connectivity index (χ1) is 17.0. The number of benzene rings is 2. The van der Waals surface area contributed by atoms with E-state index in [0.717, 1.165) is 44.2 Å². The molecule has 1 spiro atoms. The number of rotatable bonds is 4. The van der Waals surface area contributed by atoms with Crippen molar-refractivity contribution in [3.63, 3.8) is 0 Å². The molecule has 3 aliphatic rings. The van der Waals surface area contributed by atoms with Gasteiger partial charge in [0.25, 0.3) is 11.8 Å². The van der Waals surface area contributed by atoms with E-state index in [2.05, 4.69) is 17.0 Å². The Balaban J connectivity index is 1.43. The number of carbonyl (C=O) groups excluding carboxylic acids is 3. The molecule has 5 rings (SSSR count). The minimum Gasteiger partial charge on any atom is -0.314 e. The molecule has 2 saturated heterocycles. The van der Waals surface area contributed by atoms with Gasteiger partial charge in [-0.15, -0.1) is 0 Å². The molecule has 3 fully saturated rings. The van der Waals surface area contributed by atoms with Gasteiger partial charge < -0.3 is 4.90 Å². The van der Waals surface area contributed by atoms with E-state index < -0.39 is 5.54 Å². The summed E-state index contributed by atoms with van der Waals surface area (Å²) in [5.74, 6) is -0.591. The number of hydrogen-bond donors (Lipinski definition) is 0. The molecule has 35 heavy (non-hydrogen) atoms. The lowest BCUT2D eigenvalue weighted by atomic mass is 9.80. The van der Waals surface area contributed by atoms with Crippen molar-refractivity contribution in [2.45, 2.75) is 70.0 Å². The molecule has 0 atom stereocenters. The van der Waals surface area contributed by atoms with Crippen molar-refractivity contribution < 1.29 is 14.4 Å². The van der Waals surface area contributed by atoms with Crippen LogP contribution in [0.3, 0.4) is 0 Å². The largest absolute Gasteiger partial charge is 0.314 e. The van der Waals surface area contributed by atoms with E-state index in [4.69, 9.17) is 0 Å². The predicted octanol–water partition coefficient (Wildman–Crippen LogP) is 4.17. The maximum Gasteiger partial charge on any atom is 0.255 e. The van der Waals surface area contributed by atoms with E-state index in [9.17, 15) is 14.4 Å². The van der Waals surface area contributed by atoms with Crippen molar-refractivity contribution in [3.8, 4) is 0 Å². The van der Waals surface area contributed by atoms with E-state index in [1.165, 1.54) is 5.56 Å². The maximum absolute atomic E-state index is 14.2. The Labute approximate surface area is 207 Å². The molecule has 0 unspecified atom stereocenters. The summed E-state index contributed by atoms with van der Waals surface area (Å²) in [6, 6.07) is 17.7. The minimum absolute atomic E-state index is 0.0202. The molecule has 0 N–H and O–H groups in total. The summed E-state index contributed by atoms with van der Waals surface area (Å²) < 4.78 is 0. The summed E-state index contributed by atoms with van der Waals surface area (Å²) in [5, 5.41) is 0. The zero-order valence-electron chi connectivity index (χ0n) is 20.6. The molecule has 1 saturated carbocycles. The Morgan fingerprint density at radius 3 is 2.23 bits per heavy atom. The molecular weight excluding hydrogens is 438 g/mol. The second kappa shape index (κ2) is 9.94. The number of amides is 3. The van der Waals surface area contributed by atoms with Gasteiger partial charge in [0.15, 0.2) is 0 Å². The van der Waals surface area contributed by atoms with Crippen LogP contribution in [0.25, 0.3) is 0 Å². The van der Waals surface area contributed by atoms with Gasteiger partial charge in [0.05, 0.1) is 0 Å². The summed E-state index contributed by atoms with van der Waals surface area (Å²) in [7, 11) is 0. The first-order valence-corrected chi connectivity index (χ1v) is 13.0. The van der Waals surface area contributed by atoms with Crippen molar-refractivity contribution in [3.05, 3.63) is 71.3 Å². The van der Waals surface area contributed by atoms with Crippen LogP contribution in [0.5, 0.6) is 0 Å². The predicted molar refractivity (Wildman–Crippen MR) is 135 cm³/mol. The highest BCUT2D eigenvalue weighted by molar-refractivity contribution is 6.09. The van der Waals surface area contributed by atoms with Gasteiger partial charge in [0.2, 0.25) is 5.91 Å². The molecule has 1 aliphatic carbocycles. The molecule has 2 heterocycles. The van der Waals surface area contributed by atoms with Crippen molar-refractivity contribution >= 4 is 17.7 Å². The number of hydrogen-bond acceptors (Lipinski definition) is 4. The molecule has 0 radical (unpaired) electrons. The summed E-state index contributed by atoms with van der Waals surface area (Å²) in [6.45, 7) is 4.21. The number of carbonyl (C=O) groups is 3. The molecule has 0 aromatic heterocycles. The van der Waals surface area contributed by atoms with Gasteiger partial charge in [-0.05, 0) is 50.3 Å². The zero-order chi connectivity index (χ0) is 24.4. The van der Waals surface area contributed by atoms with Gasteiger partial charge in [0, 0.05) is 31.2 Å². The second-order valence-electron chi connectivity index (χ2n) is 10.4. The summed E-state index contributed by atoms with van der Waals surface area (Å²) >= 11 is 0. The Morgan fingerprint density at radius 1 is 0.914 bits per heavy atom. The normalized spacial score (nSPS) is 21.5. The van der Waals surface area contributed by atoms with Crippen LogP contribution in [-0.4, -0.2) is 63.6 Å². The van der Waals surface area contributed by atoms with E-state index in [-0.39, 0.29) is 30.3 Å². The van der Waals surface area contributed by atoms with Gasteiger partial charge in [-0.2, -0.15) is 0 Å². The number of aryl methyl sites for hydroxylation is 1. The van der Waals surface area contributed by atoms with Crippen LogP contribution in [0.4, 0.5) is 0 Å². The number of likely N-dealkylation sites (tertiary alicyclic amines) is 1. The van der Waals surface area contributed by atoms with Crippen LogP contribution < -0.4 is 0 Å². The first kappa shape index (κ1) is 23.7. The lowest BCUT2D eigenvalue weighted by Gasteiger charge is -2.53. The molecular formula is C29H35N3O3. The highest BCUT2D eigenvalue weighted by Crippen LogP contribution is 2.38. The van der Waals surface area contributed by atoms with Gasteiger partial charge in [-0.3, -0.25) is 24.2 Å². The molecule has 2 aliphatic heterocycles. The fraction of sp³-hybridized carbons (Fsp3) is 0.483. The van der Waals surface area contributed by atoms with Gasteiger partial charge in [0.1, 0.15) is 12.1 Å². The van der Waals surface area contributed by atoms with Crippen LogP contribution >= 0.6 is 0 Å². The van der Waals surface area contributed by atoms with E-state index in [1.54, 1.807) is 21.9 Å². The smallest absolute Gasteiger partial charge is 0.255 e. The molecule has 3 amide bonds. The Kier molecular flexibility index (Phi) is 6.74. The lowest BCUT2D eigenvalue weighted by Crippen LogP contribution is -2.72. The van der Waals surface area contributed by atoms with E-state index in [1.807, 2.05) is 37.3 Å². The van der Waals surface area contributed by atoms with Gasteiger partial charge in [-0.1, -0.05) is 67.3 Å². The summed E-state index contributed by atoms with van der Waals surface area (Å²) in [5.41, 5.74) is 1.89. The van der Waals surface area contributed by atoms with Crippen LogP contribution in [0.1, 0.15) is 66.4 Å². The third-order valence-electron chi connectivity index (χ3n) is 8.11. The second-order valence-corrected chi connectivity index (χ2v) is 10.4. The summed E-state index contributed by atoms with van der Waals surface area (Å²) in [6.07, 6.45) is 6.10. The Morgan fingerprint density at radius 2 is 1.57 bits per heavy atom. The molecule has 2 aromatic rings. The highest BCUT2D eigenvalue weighted by Gasteiger charge is 2.56. The van der Waals surface area contributed by atoms with Crippen LogP contribution in [0.2, 0.25) is 0 Å². The fourth-order valence-electron chi connectivity index (χ4n) is 6.05. The van der Waals surface area contributed by atoms with Crippen molar-refractivity contribution in [2.75, 3.05) is 19.6 Å². The van der Waals surface area contributed by atoms with E-state index in [0.29, 0.717) is 31.5 Å². The molecule has 2 aromatic carbocycles. The van der Waals surface area contributed by atoms with Crippen molar-refractivity contribution in [1.29, 1.82) is 0 Å². The average Bonchev–Trinajstić information content (AvgIpc) is 2.89. The summed E-state index contributed by atoms with van der Waals surface area (Å²) in [4.78, 5) is 46.8. The molecule has 184 valence electrons. The Hall–Kier alpha value is -2.99. The van der Waals surface area contributed by atoms with E-state index >= 15 is 0 Å². The maximum atomic E-state index is 14.2. The standard InChI is InChI=1S/C29H35N3O3/c1-22-12-14-24(15-13-22)27(34)31-21-26(33)32(25-10-6-3-7-11-25)28(35)29(31)16-18-30(19-17-29)20-23-8-4-2-5-9-23/h2,4-5,8-9,12-15,25H,3,6-7,10-11,16-21H2,1H3. The number of piperidine rings is 1. The molecule has 0 bridgehead atoms. The molecule has 6 heteroatoms. The monoisotopic (exact) mass is 473 g/mol. The van der Waals surface area contributed by atoms with Crippen LogP contribution in [0.15, 0.2) is 54.6 Å². The van der Waals surface area contributed by atoms with Crippen molar-refractivity contribution in [1.82, 2.24) is 14.7 Å². The van der Waals surface area contributed by atoms with Gasteiger partial charge >= 0.3 is 0 Å². The van der Waals surface area contributed by atoms with Crippen molar-refractivity contribution in [2.24, 2.45) is 0 Å². The SMILES string of the molecule is Cc1ccc(C(=O)N2CC(=O)N(C3CCCCC3)C(=O)C23CCN(Cc2ccccc2)CC3)cc1. The molecule has 6 nitrogen and oxygen atoms in total. The Bertz CT molecular complexity index is 1070. The van der Waals surface area contributed by atoms with Gasteiger partial charge in [-0.25, -0.2) is 0 Å². The lowest BCUT2D eigenvalue weighted by molar-refractivity contribution is -0.167. The average molecular weight is 474 g/mol. The third-order valence-corrected chi connectivity index (χ3v) is 8.11. The highest BCUT2D eigenvalue weighted by atomic mass is 16.2. The third kappa shape index (κ3) is 4.64. The number of nitrogens with zero attached hydrogens (tertiary/aromatic N) is 3. The minimum atomic E-state index is -0.958. The van der Waals surface area contributed by atoms with Crippen LogP contribution in [0, 0.1) is 6.92 Å². The van der Waals surface area contributed by atoms with Crippen LogP contribution in [-0.2, 0) is 16.1 Å². The number of piperazine rings is 1. The zero-order valence-corrected chi connectivity index (χ0v) is 20.6. The fourth-order valence-corrected chi connectivity index (χ4v) is 6.05.